The van der Waals surface area contributed by atoms with Crippen LogP contribution in [0.3, 0.4) is 0 Å². The summed E-state index contributed by atoms with van der Waals surface area (Å²) in [6, 6.07) is 0. The van der Waals surface area contributed by atoms with Gasteiger partial charge in [-0.1, -0.05) is 0 Å². The van der Waals surface area contributed by atoms with Gasteiger partial charge in [0.1, 0.15) is 5.01 Å². The normalized spacial score (nSPS) is 20.1. The van der Waals surface area contributed by atoms with Crippen LogP contribution in [-0.2, 0) is 6.54 Å². The Labute approximate surface area is 99.4 Å². The van der Waals surface area contributed by atoms with E-state index in [0.717, 1.165) is 31.5 Å². The summed E-state index contributed by atoms with van der Waals surface area (Å²) in [6.07, 6.45) is 2.65. The molecule has 1 N–H and O–H groups in total. The number of aliphatic imine (C=N–C) groups is 1. The molecule has 1 aromatic heterocycles. The van der Waals surface area contributed by atoms with Gasteiger partial charge in [0.2, 0.25) is 0 Å². The van der Waals surface area contributed by atoms with E-state index in [4.69, 9.17) is 0 Å². The fraction of sp³-hybridized carbons (Fsp3) is 0.636. The van der Waals surface area contributed by atoms with Crippen molar-refractivity contribution in [2.24, 2.45) is 4.99 Å². The number of guanidine groups is 1. The molecule has 0 saturated heterocycles. The molecule has 1 saturated carbocycles. The molecule has 0 radical (unpaired) electrons. The topological polar surface area (TPSA) is 40.5 Å². The van der Waals surface area contributed by atoms with Gasteiger partial charge >= 0.3 is 0 Å². The Morgan fingerprint density at radius 3 is 3.12 bits per heavy atom. The molecule has 1 aliphatic carbocycles. The van der Waals surface area contributed by atoms with Gasteiger partial charge in [0.15, 0.2) is 5.96 Å². The summed E-state index contributed by atoms with van der Waals surface area (Å²) in [5.41, 5.74) is 1.29. The molecular weight excluding hydrogens is 220 g/mol. The standard InChI is InChI=1S/C11H16N4S/c1-15-5-4-12-11(15)13-6-10-14-9(7-16-10)8-2-3-8/h7-8H,2-6H2,1H3,(H,12,13). The second kappa shape index (κ2) is 4.05. The Morgan fingerprint density at radius 2 is 2.44 bits per heavy atom. The van der Waals surface area contributed by atoms with E-state index >= 15 is 0 Å². The third-order valence-electron chi connectivity index (χ3n) is 3.02. The highest BCUT2D eigenvalue weighted by Crippen LogP contribution is 2.40. The number of hydrogen-bond acceptors (Lipinski definition) is 5. The van der Waals surface area contributed by atoms with E-state index in [1.807, 2.05) is 0 Å². The molecule has 0 unspecified atom stereocenters. The maximum atomic E-state index is 4.64. The van der Waals surface area contributed by atoms with Crippen LogP contribution >= 0.6 is 11.3 Å². The Morgan fingerprint density at radius 1 is 1.56 bits per heavy atom. The monoisotopic (exact) mass is 236 g/mol. The highest BCUT2D eigenvalue weighted by atomic mass is 32.1. The van der Waals surface area contributed by atoms with Crippen LogP contribution < -0.4 is 5.32 Å². The van der Waals surface area contributed by atoms with Gasteiger partial charge in [-0.05, 0) is 12.8 Å². The zero-order valence-electron chi connectivity index (χ0n) is 9.44. The van der Waals surface area contributed by atoms with Gasteiger partial charge in [-0.25, -0.2) is 4.98 Å². The number of nitrogens with zero attached hydrogens (tertiary/aromatic N) is 3. The lowest BCUT2D eigenvalue weighted by Gasteiger charge is -2.14. The summed E-state index contributed by atoms with van der Waals surface area (Å²) in [6.45, 7) is 2.73. The van der Waals surface area contributed by atoms with E-state index in [9.17, 15) is 0 Å². The lowest BCUT2D eigenvalue weighted by molar-refractivity contribution is 0.533. The number of nitrogens with one attached hydrogen (secondary N) is 1. The van der Waals surface area contributed by atoms with Crippen LogP contribution in [0.5, 0.6) is 0 Å². The molecule has 4 nitrogen and oxygen atoms in total. The fourth-order valence-corrected chi connectivity index (χ4v) is 2.67. The molecule has 3 rings (SSSR count). The molecule has 2 heterocycles. The summed E-state index contributed by atoms with van der Waals surface area (Å²) >= 11 is 1.76. The molecule has 86 valence electrons. The minimum atomic E-state index is 0.761. The van der Waals surface area contributed by atoms with E-state index in [1.165, 1.54) is 23.5 Å². The van der Waals surface area contributed by atoms with Crippen LogP contribution in [0.15, 0.2) is 10.4 Å². The zero-order chi connectivity index (χ0) is 11.0. The predicted molar refractivity (Wildman–Crippen MR) is 65.9 cm³/mol. The maximum Gasteiger partial charge on any atom is 0.194 e. The third kappa shape index (κ3) is 2.04. The lowest BCUT2D eigenvalue weighted by Crippen LogP contribution is -2.35. The van der Waals surface area contributed by atoms with E-state index in [-0.39, 0.29) is 0 Å². The fourth-order valence-electron chi connectivity index (χ4n) is 1.85. The quantitative estimate of drug-likeness (QED) is 0.862. The van der Waals surface area contributed by atoms with Gasteiger partial charge in [0, 0.05) is 24.9 Å². The van der Waals surface area contributed by atoms with Crippen molar-refractivity contribution in [3.63, 3.8) is 0 Å². The number of aromatic nitrogens is 1. The number of hydrogen-bond donors (Lipinski definition) is 1. The summed E-state index contributed by atoms with van der Waals surface area (Å²) in [7, 11) is 2.07. The SMILES string of the molecule is CN1CCN=C1NCc1nc(C2CC2)cs1. The lowest BCUT2D eigenvalue weighted by atomic mass is 10.3. The first-order chi connectivity index (χ1) is 7.83. The van der Waals surface area contributed by atoms with Gasteiger partial charge in [-0.15, -0.1) is 11.3 Å². The first-order valence-electron chi connectivity index (χ1n) is 5.76. The predicted octanol–water partition coefficient (Wildman–Crippen LogP) is 1.41. The third-order valence-corrected chi connectivity index (χ3v) is 3.89. The van der Waals surface area contributed by atoms with Crippen molar-refractivity contribution in [1.29, 1.82) is 0 Å². The van der Waals surface area contributed by atoms with Crippen LogP contribution in [0, 0.1) is 0 Å². The molecule has 0 spiro atoms. The molecule has 1 aliphatic heterocycles. The Balaban J connectivity index is 1.57. The van der Waals surface area contributed by atoms with Gasteiger partial charge in [-0.2, -0.15) is 0 Å². The van der Waals surface area contributed by atoms with E-state index in [1.54, 1.807) is 11.3 Å². The van der Waals surface area contributed by atoms with Crippen molar-refractivity contribution < 1.29 is 0 Å². The van der Waals surface area contributed by atoms with Crippen LogP contribution in [-0.4, -0.2) is 36.0 Å². The average molecular weight is 236 g/mol. The highest BCUT2D eigenvalue weighted by molar-refractivity contribution is 7.09. The summed E-state index contributed by atoms with van der Waals surface area (Å²) in [5.74, 6) is 1.76. The van der Waals surface area contributed by atoms with Crippen molar-refractivity contribution in [2.75, 3.05) is 20.1 Å². The first kappa shape index (κ1) is 10.1. The van der Waals surface area contributed by atoms with E-state index in [2.05, 4.69) is 32.6 Å². The number of thiazole rings is 1. The second-order valence-electron chi connectivity index (χ2n) is 4.42. The molecule has 5 heteroatoms. The molecular formula is C11H16N4S. The van der Waals surface area contributed by atoms with Crippen molar-refractivity contribution in [1.82, 2.24) is 15.2 Å². The second-order valence-corrected chi connectivity index (χ2v) is 5.36. The van der Waals surface area contributed by atoms with Crippen LogP contribution in [0.2, 0.25) is 0 Å². The van der Waals surface area contributed by atoms with E-state index < -0.39 is 0 Å². The molecule has 0 aromatic carbocycles. The van der Waals surface area contributed by atoms with Crippen LogP contribution in [0.25, 0.3) is 0 Å². The molecule has 1 fully saturated rings. The van der Waals surface area contributed by atoms with Gasteiger partial charge in [0.05, 0.1) is 18.8 Å². The van der Waals surface area contributed by atoms with Gasteiger partial charge in [0.25, 0.3) is 0 Å². The number of rotatable bonds is 3. The molecule has 0 amide bonds. The summed E-state index contributed by atoms with van der Waals surface area (Å²) in [4.78, 5) is 11.2. The van der Waals surface area contributed by atoms with Gasteiger partial charge in [-0.3, -0.25) is 4.99 Å². The van der Waals surface area contributed by atoms with Crippen LogP contribution in [0.4, 0.5) is 0 Å². The van der Waals surface area contributed by atoms with Crippen molar-refractivity contribution in [3.8, 4) is 0 Å². The van der Waals surface area contributed by atoms with Crippen molar-refractivity contribution in [2.45, 2.75) is 25.3 Å². The molecule has 0 atom stereocenters. The summed E-state index contributed by atoms with van der Waals surface area (Å²) in [5, 5.41) is 6.72. The number of likely N-dealkylation sites (N-methyl/N-ethyl adjacent to an activating group) is 1. The minimum Gasteiger partial charge on any atom is -0.350 e. The molecule has 16 heavy (non-hydrogen) atoms. The average Bonchev–Trinajstić information content (AvgIpc) is 2.89. The van der Waals surface area contributed by atoms with Crippen LogP contribution in [0.1, 0.15) is 29.5 Å². The van der Waals surface area contributed by atoms with Crippen molar-refractivity contribution >= 4 is 17.3 Å². The Hall–Kier alpha value is -1.10. The summed E-state index contributed by atoms with van der Waals surface area (Å²) < 4.78 is 0. The molecule has 1 aromatic rings. The maximum absolute atomic E-state index is 4.64. The highest BCUT2D eigenvalue weighted by Gasteiger charge is 2.26. The minimum absolute atomic E-state index is 0.761. The Bertz CT molecular complexity index is 408. The Kier molecular flexibility index (Phi) is 2.55. The van der Waals surface area contributed by atoms with Crippen molar-refractivity contribution in [3.05, 3.63) is 16.1 Å². The largest absolute Gasteiger partial charge is 0.350 e. The molecule has 0 bridgehead atoms. The van der Waals surface area contributed by atoms with E-state index in [0.29, 0.717) is 0 Å². The van der Waals surface area contributed by atoms with Gasteiger partial charge < -0.3 is 10.2 Å². The smallest absolute Gasteiger partial charge is 0.194 e. The zero-order valence-corrected chi connectivity index (χ0v) is 10.3. The first-order valence-corrected chi connectivity index (χ1v) is 6.64. The molecule has 2 aliphatic rings.